The third-order valence-corrected chi connectivity index (χ3v) is 4.68. The van der Waals surface area contributed by atoms with Crippen LogP contribution in [-0.4, -0.2) is 20.3 Å². The summed E-state index contributed by atoms with van der Waals surface area (Å²) in [5, 5.41) is 13.1. The van der Waals surface area contributed by atoms with E-state index in [9.17, 15) is 9.90 Å². The number of carbonyl (C=O) groups is 1. The van der Waals surface area contributed by atoms with Gasteiger partial charge < -0.3 is 14.8 Å². The maximum atomic E-state index is 11.8. The lowest BCUT2D eigenvalue weighted by molar-refractivity contribution is -0.115. The lowest BCUT2D eigenvalue weighted by Gasteiger charge is -2.02. The number of thioether (sulfide) groups is 1. The normalized spacial score (nSPS) is 16.1. The molecule has 118 valence electrons. The van der Waals surface area contributed by atoms with Gasteiger partial charge >= 0.3 is 0 Å². The zero-order chi connectivity index (χ0) is 16.7. The van der Waals surface area contributed by atoms with E-state index in [4.69, 9.17) is 16.6 Å². The summed E-state index contributed by atoms with van der Waals surface area (Å²) in [7, 11) is 0. The molecule has 5 nitrogen and oxygen atoms in total. The second kappa shape index (κ2) is 5.77. The molecule has 4 rings (SSSR count). The van der Waals surface area contributed by atoms with Gasteiger partial charge in [0.05, 0.1) is 4.91 Å². The van der Waals surface area contributed by atoms with Crippen molar-refractivity contribution >= 4 is 51.3 Å². The first kappa shape index (κ1) is 14.9. The van der Waals surface area contributed by atoms with Crippen LogP contribution in [-0.2, 0) is 4.79 Å². The molecule has 1 amide bonds. The van der Waals surface area contributed by atoms with E-state index in [1.165, 1.54) is 11.8 Å². The van der Waals surface area contributed by atoms with Crippen molar-refractivity contribution in [3.05, 3.63) is 53.4 Å². The molecule has 0 saturated carbocycles. The predicted molar refractivity (Wildman–Crippen MR) is 97.4 cm³/mol. The number of nitrogens with zero attached hydrogens (tertiary/aromatic N) is 1. The fourth-order valence-corrected chi connectivity index (χ4v) is 3.51. The summed E-state index contributed by atoms with van der Waals surface area (Å²) in [6.45, 7) is 0. The minimum Gasteiger partial charge on any atom is -0.508 e. The predicted octanol–water partition coefficient (Wildman–Crippen LogP) is 3.69. The Morgan fingerprint density at radius 2 is 2.17 bits per heavy atom. The van der Waals surface area contributed by atoms with Gasteiger partial charge in [-0.15, -0.1) is 0 Å². The van der Waals surface area contributed by atoms with E-state index in [-0.39, 0.29) is 11.7 Å². The number of pyridine rings is 1. The minimum atomic E-state index is -0.225. The van der Waals surface area contributed by atoms with Crippen LogP contribution in [0.25, 0.3) is 28.2 Å². The molecule has 0 aliphatic carbocycles. The Bertz CT molecular complexity index is 1020. The topological polar surface area (TPSA) is 75.4 Å². The summed E-state index contributed by atoms with van der Waals surface area (Å²) >= 11 is 6.18. The van der Waals surface area contributed by atoms with Crippen LogP contribution in [0.2, 0.25) is 0 Å². The number of aromatic nitrogens is 1. The summed E-state index contributed by atoms with van der Waals surface area (Å²) in [4.78, 5) is 16.5. The number of rotatable bonds is 2. The second-order valence-corrected chi connectivity index (χ2v) is 6.88. The molecule has 0 spiro atoms. The number of thiocarbonyl (C=S) groups is 1. The highest BCUT2D eigenvalue weighted by Crippen LogP contribution is 2.33. The van der Waals surface area contributed by atoms with Crippen molar-refractivity contribution in [1.82, 2.24) is 10.3 Å². The lowest BCUT2D eigenvalue weighted by Crippen LogP contribution is -2.17. The molecule has 1 aliphatic rings. The number of carbonyl (C=O) groups excluding carboxylic acids is 1. The van der Waals surface area contributed by atoms with Crippen LogP contribution in [0.3, 0.4) is 0 Å². The van der Waals surface area contributed by atoms with Crippen LogP contribution >= 0.6 is 24.0 Å². The molecular formula is C17H10N2O3S2. The Hall–Kier alpha value is -2.64. The van der Waals surface area contributed by atoms with Crippen molar-refractivity contribution < 1.29 is 14.3 Å². The number of furan rings is 1. The molecule has 7 heteroatoms. The van der Waals surface area contributed by atoms with Crippen LogP contribution in [0.4, 0.5) is 0 Å². The van der Waals surface area contributed by atoms with Gasteiger partial charge in [-0.1, -0.05) is 36.1 Å². The van der Waals surface area contributed by atoms with Crippen molar-refractivity contribution in [1.29, 1.82) is 0 Å². The highest BCUT2D eigenvalue weighted by Gasteiger charge is 2.22. The van der Waals surface area contributed by atoms with E-state index in [1.807, 2.05) is 12.1 Å². The monoisotopic (exact) mass is 354 g/mol. The Balaban J connectivity index is 1.82. The number of nitrogens with one attached hydrogen (secondary N) is 1. The van der Waals surface area contributed by atoms with Gasteiger partial charge in [-0.2, -0.15) is 0 Å². The van der Waals surface area contributed by atoms with Crippen molar-refractivity contribution in [3.63, 3.8) is 0 Å². The van der Waals surface area contributed by atoms with E-state index >= 15 is 0 Å². The van der Waals surface area contributed by atoms with E-state index in [1.54, 1.807) is 36.7 Å². The van der Waals surface area contributed by atoms with Crippen molar-refractivity contribution in [3.8, 4) is 16.9 Å². The van der Waals surface area contributed by atoms with E-state index in [0.29, 0.717) is 20.6 Å². The maximum Gasteiger partial charge on any atom is 0.263 e. The van der Waals surface area contributed by atoms with E-state index in [2.05, 4.69) is 10.3 Å². The Labute approximate surface area is 146 Å². The molecule has 3 aromatic rings. The molecule has 1 aliphatic heterocycles. The highest BCUT2D eigenvalue weighted by atomic mass is 32.2. The molecule has 0 unspecified atom stereocenters. The summed E-state index contributed by atoms with van der Waals surface area (Å²) in [6.07, 6.45) is 5.04. The van der Waals surface area contributed by atoms with E-state index < -0.39 is 0 Å². The molecule has 24 heavy (non-hydrogen) atoms. The maximum absolute atomic E-state index is 11.8. The number of phenolic OH excluding ortho intramolecular Hbond substituents is 1. The van der Waals surface area contributed by atoms with Crippen LogP contribution in [0.1, 0.15) is 5.76 Å². The van der Waals surface area contributed by atoms with Gasteiger partial charge in [0.25, 0.3) is 5.91 Å². The molecule has 3 heterocycles. The van der Waals surface area contributed by atoms with Gasteiger partial charge in [0.1, 0.15) is 21.4 Å². The lowest BCUT2D eigenvalue weighted by atomic mass is 10.1. The van der Waals surface area contributed by atoms with Gasteiger partial charge in [-0.25, -0.2) is 0 Å². The fraction of sp³-hybridized carbons (Fsp3) is 0. The van der Waals surface area contributed by atoms with Gasteiger partial charge in [-0.3, -0.25) is 9.78 Å². The molecule has 1 fully saturated rings. The highest BCUT2D eigenvalue weighted by molar-refractivity contribution is 8.26. The molecule has 1 saturated heterocycles. The number of hydrogen-bond acceptors (Lipinski definition) is 6. The zero-order valence-electron chi connectivity index (χ0n) is 12.1. The summed E-state index contributed by atoms with van der Waals surface area (Å²) < 4.78 is 6.34. The fourth-order valence-electron chi connectivity index (χ4n) is 2.48. The first-order valence-corrected chi connectivity index (χ1v) is 8.24. The average molecular weight is 354 g/mol. The van der Waals surface area contributed by atoms with Gasteiger partial charge in [-0.05, 0) is 23.8 Å². The van der Waals surface area contributed by atoms with Gasteiger partial charge in [0.15, 0.2) is 0 Å². The van der Waals surface area contributed by atoms with Crippen molar-refractivity contribution in [2.75, 3.05) is 0 Å². The van der Waals surface area contributed by atoms with Crippen molar-refractivity contribution in [2.45, 2.75) is 0 Å². The molecule has 2 N–H and O–H groups in total. The van der Waals surface area contributed by atoms with Crippen molar-refractivity contribution in [2.24, 2.45) is 0 Å². The number of amides is 1. The van der Waals surface area contributed by atoms with Gasteiger partial charge in [0, 0.05) is 29.4 Å². The quantitative estimate of drug-likeness (QED) is 0.540. The molecule has 0 radical (unpaired) electrons. The largest absolute Gasteiger partial charge is 0.508 e. The molecular weight excluding hydrogens is 344 g/mol. The third kappa shape index (κ3) is 2.68. The van der Waals surface area contributed by atoms with Crippen LogP contribution < -0.4 is 5.32 Å². The molecule has 1 aromatic carbocycles. The Morgan fingerprint density at radius 3 is 2.92 bits per heavy atom. The first-order valence-electron chi connectivity index (χ1n) is 7.02. The van der Waals surface area contributed by atoms with Crippen LogP contribution in [0.15, 0.2) is 52.0 Å². The van der Waals surface area contributed by atoms with Crippen LogP contribution in [0, 0.1) is 0 Å². The molecule has 2 aromatic heterocycles. The Kier molecular flexibility index (Phi) is 3.59. The van der Waals surface area contributed by atoms with Gasteiger partial charge in [0.2, 0.25) is 0 Å². The number of aromatic hydroxyl groups is 1. The zero-order valence-corrected chi connectivity index (χ0v) is 13.8. The van der Waals surface area contributed by atoms with E-state index in [0.717, 1.165) is 16.5 Å². The summed E-state index contributed by atoms with van der Waals surface area (Å²) in [5.41, 5.74) is 2.22. The first-order chi connectivity index (χ1) is 11.6. The summed E-state index contributed by atoms with van der Waals surface area (Å²) in [6, 6.07) is 8.70. The third-order valence-electron chi connectivity index (χ3n) is 3.51. The Morgan fingerprint density at radius 1 is 1.29 bits per heavy atom. The number of hydrogen-bond donors (Lipinski definition) is 2. The number of benzene rings is 1. The average Bonchev–Trinajstić information content (AvgIpc) is 3.09. The number of fused-ring (bicyclic) bond motifs is 1. The second-order valence-electron chi connectivity index (χ2n) is 5.16. The minimum absolute atomic E-state index is 0.172. The number of phenols is 1. The summed E-state index contributed by atoms with van der Waals surface area (Å²) in [5.74, 6) is 0.490. The molecule has 0 atom stereocenters. The molecule has 0 bridgehead atoms. The SMILES string of the molecule is O=C1NC(=S)S/C1=C\c1cc2cncc(-c3cccc(O)c3)c2o1. The standard InChI is InChI=1S/C17H10N2O3S2/c20-11-3-1-2-9(4-11)13-8-18-7-10-5-12(22-15(10)13)6-14-16(21)19-17(23)24-14/h1-8,20H,(H,19,21,23)/b14-6-. The van der Waals surface area contributed by atoms with Crippen LogP contribution in [0.5, 0.6) is 5.75 Å². The smallest absolute Gasteiger partial charge is 0.263 e.